The molecule has 8 heterocycles. The van der Waals surface area contributed by atoms with Crippen LogP contribution in [0.1, 0.15) is 111 Å². The van der Waals surface area contributed by atoms with Crippen LogP contribution in [0.4, 0.5) is 0 Å². The topological polar surface area (TPSA) is 184 Å². The molecular weight excluding hydrogens is 1150 g/mol. The maximum absolute atomic E-state index is 13.3. The smallest absolute Gasteiger partial charge is 0.265 e. The van der Waals surface area contributed by atoms with E-state index in [1.807, 2.05) is 58.8 Å². The van der Waals surface area contributed by atoms with Crippen molar-refractivity contribution in [3.63, 3.8) is 0 Å². The van der Waals surface area contributed by atoms with E-state index in [1.165, 1.54) is 62.3 Å². The van der Waals surface area contributed by atoms with Gasteiger partial charge in [-0.1, -0.05) is 83.3 Å². The number of hydrogen-bond donors (Lipinski definition) is 3. The van der Waals surface area contributed by atoms with E-state index in [2.05, 4.69) is 41.3 Å². The third kappa shape index (κ3) is 11.6. The van der Waals surface area contributed by atoms with E-state index in [1.54, 1.807) is 25.0 Å². The van der Waals surface area contributed by atoms with E-state index >= 15 is 0 Å². The van der Waals surface area contributed by atoms with Crippen molar-refractivity contribution in [3.05, 3.63) is 154 Å². The van der Waals surface area contributed by atoms with E-state index in [0.29, 0.717) is 58.5 Å². The molecule has 80 heavy (non-hydrogen) atoms. The summed E-state index contributed by atoms with van der Waals surface area (Å²) in [5, 5.41) is 2.63. The first-order valence-electron chi connectivity index (χ1n) is 27.2. The zero-order valence-corrected chi connectivity index (χ0v) is 50.9. The molecule has 6 aliphatic rings. The van der Waals surface area contributed by atoms with Crippen molar-refractivity contribution in [3.8, 4) is 17.2 Å². The first kappa shape index (κ1) is 58.8. The number of nitrogens with zero attached hydrogens (tertiary/aromatic N) is 3. The van der Waals surface area contributed by atoms with Gasteiger partial charge in [0.2, 0.25) is 0 Å². The highest BCUT2D eigenvalue weighted by Crippen LogP contribution is 2.50. The molecule has 4 aromatic carbocycles. The Morgan fingerprint density at radius 3 is 1.49 bits per heavy atom. The second-order valence-electron chi connectivity index (χ2n) is 22.1. The number of sulfone groups is 1. The van der Waals surface area contributed by atoms with Crippen molar-refractivity contribution >= 4 is 90.9 Å². The summed E-state index contributed by atoms with van der Waals surface area (Å²) in [6.07, 6.45) is 7.46. The van der Waals surface area contributed by atoms with Crippen LogP contribution >= 0.6 is 69.2 Å². The molecule has 0 atom stereocenters. The molecule has 0 saturated carbocycles. The third-order valence-electron chi connectivity index (χ3n) is 17.1. The number of fused-ring (bicyclic) bond motifs is 6. The molecule has 0 aliphatic carbocycles. The van der Waals surface area contributed by atoms with Crippen LogP contribution in [-0.4, -0.2) is 106 Å². The van der Waals surface area contributed by atoms with Gasteiger partial charge < -0.3 is 41.2 Å². The maximum atomic E-state index is 13.3. The minimum absolute atomic E-state index is 0.0484. The lowest BCUT2D eigenvalue weighted by molar-refractivity contribution is 0.0644. The van der Waals surface area contributed by atoms with Crippen molar-refractivity contribution in [2.75, 3.05) is 65.3 Å². The summed E-state index contributed by atoms with van der Waals surface area (Å²) in [5.41, 5.74) is 25.9. The van der Waals surface area contributed by atoms with Crippen LogP contribution in [0.25, 0.3) is 0 Å². The van der Waals surface area contributed by atoms with Gasteiger partial charge in [0.15, 0.2) is 9.84 Å². The Bertz CT molecular complexity index is 3350. The van der Waals surface area contributed by atoms with Crippen LogP contribution in [0, 0.1) is 0 Å². The van der Waals surface area contributed by atoms with Gasteiger partial charge in [0.1, 0.15) is 27.0 Å². The highest BCUT2D eigenvalue weighted by molar-refractivity contribution is 8.01. The van der Waals surface area contributed by atoms with Gasteiger partial charge in [0, 0.05) is 85.3 Å². The van der Waals surface area contributed by atoms with Crippen molar-refractivity contribution in [1.29, 1.82) is 0 Å². The lowest BCUT2D eigenvalue weighted by atomic mass is 9.74. The second kappa shape index (κ2) is 24.5. The van der Waals surface area contributed by atoms with Gasteiger partial charge in [0.25, 0.3) is 11.8 Å². The van der Waals surface area contributed by atoms with E-state index in [4.69, 9.17) is 66.2 Å². The predicted molar refractivity (Wildman–Crippen MR) is 324 cm³/mol. The minimum atomic E-state index is -3.59. The summed E-state index contributed by atoms with van der Waals surface area (Å²) in [4.78, 5) is 33.3. The van der Waals surface area contributed by atoms with Crippen molar-refractivity contribution in [1.82, 2.24) is 14.7 Å². The van der Waals surface area contributed by atoms with E-state index in [0.717, 1.165) is 118 Å². The molecule has 2 aromatic heterocycles. The fourth-order valence-corrected chi connectivity index (χ4v) is 17.6. The van der Waals surface area contributed by atoms with Crippen LogP contribution in [0.15, 0.2) is 99.4 Å². The molecule has 0 unspecified atom stereocenters. The fraction of sp³-hybridized carbons (Fsp3) is 0.433. The molecule has 13 nitrogen and oxygen atoms in total. The molecule has 3 fully saturated rings. The third-order valence-corrected chi connectivity index (χ3v) is 24.1. The molecule has 6 aromatic rings. The number of benzene rings is 4. The van der Waals surface area contributed by atoms with Gasteiger partial charge in [-0.2, -0.15) is 0 Å². The summed E-state index contributed by atoms with van der Waals surface area (Å²) in [6, 6.07) is 28.5. The lowest BCUT2D eigenvalue weighted by Crippen LogP contribution is -2.46. The first-order valence-corrected chi connectivity index (χ1v) is 32.8. The van der Waals surface area contributed by atoms with Crippen LogP contribution in [0.3, 0.4) is 0 Å². The van der Waals surface area contributed by atoms with Crippen LogP contribution < -0.4 is 31.4 Å². The Labute approximate surface area is 497 Å². The Balaban J connectivity index is 0.000000137. The summed E-state index contributed by atoms with van der Waals surface area (Å²) >= 11 is 22.6. The standard InChI is InChI=1S/C22H27ClN2O4S3.C20H22Cl2N2O.C18H20N2O2S/c1-13(2)32(27,28)19-17(23)18(31-21(19)30-3)20(26)25-8-6-22(7-9-25)12-29-16-5-4-14(11-24)10-15(16)22;21-17-3-1-15(10-18(17)22)12-24-7-5-20(6-8-24)13-25-19-4-2-14(11-23)9-16(19)20;19-11-13-3-4-15-14(10-13)18(12-22-15)5-7-20(8-6-18)17(21)16-2-1-9-23-16/h4-5,10,13H,6-9,11-12,24H2,1-3H3;1-4,9-10H,5-8,11-13,23H2;1-4,9-10H,5-8,11-12,19H2. The molecular formula is C60H69Cl3N6O7S4. The maximum Gasteiger partial charge on any atom is 0.265 e. The first-order chi connectivity index (χ1) is 38.5. The van der Waals surface area contributed by atoms with Crippen LogP contribution in [0.2, 0.25) is 15.1 Å². The van der Waals surface area contributed by atoms with Gasteiger partial charge in [-0.05, 0) is 136 Å². The van der Waals surface area contributed by atoms with Gasteiger partial charge in [-0.3, -0.25) is 14.5 Å². The number of amides is 2. The van der Waals surface area contributed by atoms with Crippen LogP contribution in [0.5, 0.6) is 17.2 Å². The molecule has 2 amide bonds. The van der Waals surface area contributed by atoms with E-state index in [-0.39, 0.29) is 38.0 Å². The summed E-state index contributed by atoms with van der Waals surface area (Å²) in [5.74, 6) is 2.88. The largest absolute Gasteiger partial charge is 0.492 e. The Morgan fingerprint density at radius 1 is 0.625 bits per heavy atom. The van der Waals surface area contributed by atoms with Gasteiger partial charge >= 0.3 is 0 Å². The second-order valence-corrected chi connectivity index (χ2v) is 28.7. The lowest BCUT2D eigenvalue weighted by Gasteiger charge is -2.38. The number of carbonyl (C=O) groups is 2. The normalized spacial score (nSPS) is 18.4. The zero-order valence-electron chi connectivity index (χ0n) is 45.4. The number of likely N-dealkylation sites (tertiary alicyclic amines) is 3. The quantitative estimate of drug-likeness (QED) is 0.111. The minimum Gasteiger partial charge on any atom is -0.492 e. The molecule has 3 saturated heterocycles. The number of rotatable bonds is 10. The average Bonchev–Trinajstić information content (AvgIpc) is 4.44. The Hall–Kier alpha value is -4.37. The number of nitrogens with two attached hydrogens (primary N) is 3. The molecule has 0 radical (unpaired) electrons. The average molecular weight is 1220 g/mol. The molecule has 20 heteroatoms. The fourth-order valence-electron chi connectivity index (χ4n) is 12.0. The summed E-state index contributed by atoms with van der Waals surface area (Å²) in [7, 11) is -3.59. The molecule has 12 rings (SSSR count). The monoisotopic (exact) mass is 1220 g/mol. The van der Waals surface area contributed by atoms with Gasteiger partial charge in [0.05, 0.1) is 49.2 Å². The van der Waals surface area contributed by atoms with Crippen molar-refractivity contribution in [2.45, 2.75) is 109 Å². The number of hydrogen-bond acceptors (Lipinski definition) is 14. The van der Waals surface area contributed by atoms with Crippen molar-refractivity contribution < 1.29 is 32.2 Å². The zero-order chi connectivity index (χ0) is 56.6. The molecule has 0 bridgehead atoms. The predicted octanol–water partition coefficient (Wildman–Crippen LogP) is 11.5. The highest BCUT2D eigenvalue weighted by atomic mass is 35.5. The Morgan fingerprint density at radius 2 is 1.07 bits per heavy atom. The molecule has 6 N–H and O–H groups in total. The summed E-state index contributed by atoms with van der Waals surface area (Å²) < 4.78 is 44.1. The molecule has 3 spiro atoms. The van der Waals surface area contributed by atoms with Gasteiger partial charge in [-0.15, -0.1) is 34.4 Å². The SMILES string of the molecule is CSc1sc(C(=O)N2CCC3(CC2)COc2ccc(CN)cc23)c(Cl)c1S(=O)(=O)C(C)C.NCc1ccc2c(c1)C1(CCN(C(=O)c3cccs3)CC1)CO2.NCc1ccc2c(c1)C1(CCN(Cc3ccc(Cl)c(Cl)c3)CC1)CO2. The van der Waals surface area contributed by atoms with Crippen LogP contribution in [-0.2, 0) is 52.3 Å². The van der Waals surface area contributed by atoms with E-state index < -0.39 is 15.1 Å². The number of piperidine rings is 3. The number of thioether (sulfide) groups is 1. The Kier molecular flexibility index (Phi) is 18.0. The highest BCUT2D eigenvalue weighted by Gasteiger charge is 2.47. The van der Waals surface area contributed by atoms with Crippen molar-refractivity contribution in [2.24, 2.45) is 17.2 Å². The number of ether oxygens (including phenoxy) is 3. The molecule has 6 aliphatic heterocycles. The number of halogens is 3. The molecule has 426 valence electrons. The van der Waals surface area contributed by atoms with Gasteiger partial charge in [-0.25, -0.2) is 8.42 Å². The van der Waals surface area contributed by atoms with E-state index in [9.17, 15) is 18.0 Å². The summed E-state index contributed by atoms with van der Waals surface area (Å²) in [6.45, 7) is 12.7. The number of carbonyl (C=O) groups excluding carboxylic acids is 2. The number of thiophene rings is 2.